The van der Waals surface area contributed by atoms with E-state index < -0.39 is 0 Å². The molecule has 0 spiro atoms. The molecule has 1 saturated heterocycles. The number of aliphatic imine (C=N–C) groups is 2. The Morgan fingerprint density at radius 1 is 1.15 bits per heavy atom. The van der Waals surface area contributed by atoms with Crippen molar-refractivity contribution in [2.45, 2.75) is 45.2 Å². The van der Waals surface area contributed by atoms with Crippen LogP contribution in [0.2, 0.25) is 0 Å². The molecule has 0 radical (unpaired) electrons. The summed E-state index contributed by atoms with van der Waals surface area (Å²) in [7, 11) is 4.09. The van der Waals surface area contributed by atoms with E-state index in [1.165, 1.54) is 18.0 Å². The number of rotatable bonds is 13. The fourth-order valence-corrected chi connectivity index (χ4v) is 3.84. The summed E-state index contributed by atoms with van der Waals surface area (Å²) in [6, 6.07) is 8.48. The number of likely N-dealkylation sites (N-methyl/N-ethyl adjacent to an activating group) is 1. The molecule has 2 fully saturated rings. The second kappa shape index (κ2) is 14.5. The molecule has 10 nitrogen and oxygen atoms in total. The molecule has 1 amide bonds. The first-order valence-corrected chi connectivity index (χ1v) is 13.7. The van der Waals surface area contributed by atoms with Crippen molar-refractivity contribution in [1.29, 1.82) is 0 Å². The minimum Gasteiger partial charge on any atom is -0.374 e. The van der Waals surface area contributed by atoms with Gasteiger partial charge in [-0.2, -0.15) is 0 Å². The SMILES string of the molecule is C=N/C(NC(/C=C\C=O)=C/N(C)C(C)(C)C)=C(\C=NCNc1ccc(N2CCN(C)CC2)cc1)C(=O)NC1CC1. The quantitative estimate of drug-likeness (QED) is 0.151. The molecular formula is C30H44N8O2. The molecule has 3 rings (SSSR count). The van der Waals surface area contributed by atoms with Crippen molar-refractivity contribution in [2.75, 3.05) is 57.2 Å². The molecule has 10 heteroatoms. The van der Waals surface area contributed by atoms with Crippen molar-refractivity contribution < 1.29 is 9.59 Å². The van der Waals surface area contributed by atoms with Crippen molar-refractivity contribution in [1.82, 2.24) is 20.4 Å². The highest BCUT2D eigenvalue weighted by molar-refractivity contribution is 6.13. The molecular weight excluding hydrogens is 504 g/mol. The first-order valence-electron chi connectivity index (χ1n) is 13.7. The lowest BCUT2D eigenvalue weighted by molar-refractivity contribution is -0.117. The lowest BCUT2D eigenvalue weighted by atomic mass is 10.1. The molecule has 1 aliphatic heterocycles. The van der Waals surface area contributed by atoms with Crippen LogP contribution in [0.5, 0.6) is 0 Å². The smallest absolute Gasteiger partial charge is 0.256 e. The van der Waals surface area contributed by atoms with E-state index in [1.807, 2.05) is 30.3 Å². The topological polar surface area (TPSA) is 105 Å². The zero-order valence-electron chi connectivity index (χ0n) is 24.5. The van der Waals surface area contributed by atoms with E-state index in [0.29, 0.717) is 12.0 Å². The number of carbonyl (C=O) groups is 2. The van der Waals surface area contributed by atoms with Gasteiger partial charge in [-0.1, -0.05) is 0 Å². The van der Waals surface area contributed by atoms with Crippen molar-refractivity contribution in [2.24, 2.45) is 9.98 Å². The molecule has 3 N–H and O–H groups in total. The predicted molar refractivity (Wildman–Crippen MR) is 165 cm³/mol. The minimum atomic E-state index is -0.277. The van der Waals surface area contributed by atoms with E-state index in [2.05, 4.69) is 82.4 Å². The van der Waals surface area contributed by atoms with Crippen LogP contribution in [0.1, 0.15) is 33.6 Å². The lowest BCUT2D eigenvalue weighted by Gasteiger charge is -2.34. The fourth-order valence-electron chi connectivity index (χ4n) is 3.84. The summed E-state index contributed by atoms with van der Waals surface area (Å²) in [6.45, 7) is 14.3. The van der Waals surface area contributed by atoms with Crippen LogP contribution in [0.25, 0.3) is 0 Å². The molecule has 1 heterocycles. The summed E-state index contributed by atoms with van der Waals surface area (Å²) in [5, 5.41) is 9.44. The zero-order chi connectivity index (χ0) is 29.1. The van der Waals surface area contributed by atoms with Crippen molar-refractivity contribution in [3.8, 4) is 0 Å². The van der Waals surface area contributed by atoms with Crippen LogP contribution in [0.15, 0.2) is 69.7 Å². The maximum absolute atomic E-state index is 13.1. The molecule has 1 aliphatic carbocycles. The van der Waals surface area contributed by atoms with Crippen LogP contribution in [-0.4, -0.2) is 93.4 Å². The van der Waals surface area contributed by atoms with E-state index >= 15 is 0 Å². The minimum absolute atomic E-state index is 0.157. The third-order valence-corrected chi connectivity index (χ3v) is 6.91. The standard InChI is InChI=1S/C30H44N8O2/c1-30(2,3)37(6)21-25(8-7-19-39)34-28(31-4)27(29(40)35-24-9-10-24)20-32-22-33-23-11-13-26(14-12-23)38-17-15-36(5)16-18-38/h7-8,11-14,19-21,24,33-34H,4,9-10,15-18,22H2,1-3,5-6H3,(H,35,40)/b8-7-,25-21+,28-27-,32-20?. The molecule has 2 aliphatic rings. The van der Waals surface area contributed by atoms with Crippen LogP contribution in [0, 0.1) is 0 Å². The highest BCUT2D eigenvalue weighted by atomic mass is 16.1. The second-order valence-electron chi connectivity index (χ2n) is 11.1. The number of carbonyl (C=O) groups excluding carboxylic acids is 2. The molecule has 1 aromatic rings. The third kappa shape index (κ3) is 9.68. The highest BCUT2D eigenvalue weighted by Crippen LogP contribution is 2.21. The maximum Gasteiger partial charge on any atom is 0.256 e. The first kappa shape index (κ1) is 30.6. The molecule has 1 saturated carbocycles. The average Bonchev–Trinajstić information content (AvgIpc) is 3.74. The van der Waals surface area contributed by atoms with Crippen LogP contribution in [-0.2, 0) is 9.59 Å². The van der Waals surface area contributed by atoms with Gasteiger partial charge in [0.25, 0.3) is 5.91 Å². The van der Waals surface area contributed by atoms with Gasteiger partial charge < -0.3 is 30.7 Å². The maximum atomic E-state index is 13.1. The Balaban J connectivity index is 1.74. The Labute approximate surface area is 238 Å². The summed E-state index contributed by atoms with van der Waals surface area (Å²) >= 11 is 0. The molecule has 216 valence electrons. The van der Waals surface area contributed by atoms with Crippen molar-refractivity contribution in [3.05, 3.63) is 59.7 Å². The number of amides is 1. The second-order valence-corrected chi connectivity index (χ2v) is 11.1. The summed E-state index contributed by atoms with van der Waals surface area (Å²) in [5.74, 6) is -0.0249. The van der Waals surface area contributed by atoms with Gasteiger partial charge in [0.1, 0.15) is 18.8 Å². The Hall–Kier alpha value is -3.92. The number of aldehydes is 1. The van der Waals surface area contributed by atoms with Gasteiger partial charge in [-0.05, 0) is 83.8 Å². The Morgan fingerprint density at radius 3 is 2.40 bits per heavy atom. The number of nitrogens with one attached hydrogen (secondary N) is 3. The largest absolute Gasteiger partial charge is 0.374 e. The molecule has 0 unspecified atom stereocenters. The van der Waals surface area contributed by atoms with Gasteiger partial charge in [-0.25, -0.2) is 4.99 Å². The van der Waals surface area contributed by atoms with E-state index in [-0.39, 0.29) is 35.6 Å². The van der Waals surface area contributed by atoms with Gasteiger partial charge in [0.05, 0.1) is 11.3 Å². The van der Waals surface area contributed by atoms with Gasteiger partial charge in [-0.3, -0.25) is 14.6 Å². The summed E-state index contributed by atoms with van der Waals surface area (Å²) in [5.41, 5.74) is 2.84. The van der Waals surface area contributed by atoms with E-state index in [0.717, 1.165) is 44.7 Å². The Bertz CT molecular complexity index is 1140. The van der Waals surface area contributed by atoms with Gasteiger partial charge in [0.2, 0.25) is 0 Å². The van der Waals surface area contributed by atoms with E-state index in [1.54, 1.807) is 6.08 Å². The number of piperazine rings is 1. The predicted octanol–water partition coefficient (Wildman–Crippen LogP) is 2.99. The molecule has 0 atom stereocenters. The number of anilines is 2. The summed E-state index contributed by atoms with van der Waals surface area (Å²) < 4.78 is 0. The van der Waals surface area contributed by atoms with Gasteiger partial charge in [0, 0.05) is 68.6 Å². The normalized spacial score (nSPS) is 17.5. The molecule has 40 heavy (non-hydrogen) atoms. The average molecular weight is 549 g/mol. The van der Waals surface area contributed by atoms with Crippen LogP contribution >= 0.6 is 0 Å². The Kier molecular flexibility index (Phi) is 11.1. The highest BCUT2D eigenvalue weighted by Gasteiger charge is 2.26. The Morgan fingerprint density at radius 2 is 1.82 bits per heavy atom. The summed E-state index contributed by atoms with van der Waals surface area (Å²) in [4.78, 5) is 39.5. The van der Waals surface area contributed by atoms with Crippen LogP contribution < -0.4 is 20.9 Å². The lowest BCUT2D eigenvalue weighted by Crippen LogP contribution is -2.44. The molecule has 0 bridgehead atoms. The third-order valence-electron chi connectivity index (χ3n) is 6.91. The van der Waals surface area contributed by atoms with Crippen LogP contribution in [0.4, 0.5) is 11.4 Å². The monoisotopic (exact) mass is 548 g/mol. The van der Waals surface area contributed by atoms with Gasteiger partial charge in [0.15, 0.2) is 0 Å². The van der Waals surface area contributed by atoms with Crippen molar-refractivity contribution >= 4 is 36.5 Å². The van der Waals surface area contributed by atoms with E-state index in [9.17, 15) is 9.59 Å². The van der Waals surface area contributed by atoms with Gasteiger partial charge >= 0.3 is 0 Å². The van der Waals surface area contributed by atoms with Crippen LogP contribution in [0.3, 0.4) is 0 Å². The number of nitrogens with zero attached hydrogens (tertiary/aromatic N) is 5. The first-order chi connectivity index (χ1) is 19.1. The summed E-state index contributed by atoms with van der Waals surface area (Å²) in [6.07, 6.45) is 8.98. The van der Waals surface area contributed by atoms with Gasteiger partial charge in [-0.15, -0.1) is 0 Å². The zero-order valence-corrected chi connectivity index (χ0v) is 24.5. The number of hydrogen-bond donors (Lipinski definition) is 3. The van der Waals surface area contributed by atoms with E-state index in [4.69, 9.17) is 0 Å². The number of benzene rings is 1. The fraction of sp³-hybridized carbons (Fsp3) is 0.467. The van der Waals surface area contributed by atoms with Crippen molar-refractivity contribution in [3.63, 3.8) is 0 Å². The molecule has 1 aromatic carbocycles. The molecule has 0 aromatic heterocycles. The number of hydrogen-bond acceptors (Lipinski definition) is 9. The number of allylic oxidation sites excluding steroid dienone is 2.